The molecule has 0 aliphatic rings. The fraction of sp³-hybridized carbons (Fsp3) is 0.700. The molecule has 0 aromatic carbocycles. The first-order valence-corrected chi connectivity index (χ1v) is 9.42. The molecule has 0 amide bonds. The first-order chi connectivity index (χ1) is 13.3. The minimum absolute atomic E-state index is 0.126. The molecule has 0 saturated heterocycles. The molecule has 0 heterocycles. The molecule has 3 N–H and O–H groups in total. The third-order valence-corrected chi connectivity index (χ3v) is 3.23. The van der Waals surface area contributed by atoms with Gasteiger partial charge in [-0.05, 0) is 46.0 Å². The van der Waals surface area contributed by atoms with Gasteiger partial charge < -0.3 is 29.5 Å². The fourth-order valence-electron chi connectivity index (χ4n) is 1.59. The number of carboxylic acids is 1. The number of carbonyl (C=O) groups is 2. The number of aliphatic hydroxyl groups is 2. The maximum atomic E-state index is 11.6. The van der Waals surface area contributed by atoms with E-state index in [-0.39, 0.29) is 18.8 Å². The van der Waals surface area contributed by atoms with Crippen LogP contribution in [-0.4, -0.2) is 66.6 Å². The van der Waals surface area contributed by atoms with Gasteiger partial charge in [-0.25, -0.2) is 9.59 Å². The Hall–Kier alpha value is -1.74. The number of ether oxygens (including phenoxy) is 3. The van der Waals surface area contributed by atoms with Crippen LogP contribution in [0.1, 0.15) is 52.4 Å². The summed E-state index contributed by atoms with van der Waals surface area (Å²) in [5.41, 5.74) is 0.513. The van der Waals surface area contributed by atoms with Crippen LogP contribution in [0.3, 0.4) is 0 Å². The van der Waals surface area contributed by atoms with Crippen molar-refractivity contribution in [1.82, 2.24) is 0 Å². The van der Waals surface area contributed by atoms with E-state index >= 15 is 0 Å². The first-order valence-electron chi connectivity index (χ1n) is 9.42. The van der Waals surface area contributed by atoms with E-state index in [0.717, 1.165) is 19.3 Å². The van der Waals surface area contributed by atoms with E-state index in [2.05, 4.69) is 13.2 Å². The van der Waals surface area contributed by atoms with Gasteiger partial charge in [0.1, 0.15) is 0 Å². The Balaban J connectivity index is 0. The number of aliphatic hydroxyl groups excluding tert-OH is 2. The van der Waals surface area contributed by atoms with Gasteiger partial charge in [0.2, 0.25) is 6.29 Å². The van der Waals surface area contributed by atoms with Crippen molar-refractivity contribution in [2.45, 2.75) is 58.7 Å². The highest BCUT2D eigenvalue weighted by Gasteiger charge is 2.15. The number of esters is 1. The smallest absolute Gasteiger partial charge is 0.335 e. The predicted octanol–water partition coefficient (Wildman–Crippen LogP) is 2.44. The summed E-state index contributed by atoms with van der Waals surface area (Å²) in [6.45, 7) is 11.7. The normalized spacial score (nSPS) is 11.1. The SMILES string of the molecule is C=C(C)C(=O)O.C=C(C)C(=O)OC(CCCOCCCCO)OCCCCO. The Morgan fingerprint density at radius 3 is 1.82 bits per heavy atom. The molecule has 0 radical (unpaired) electrons. The van der Waals surface area contributed by atoms with Crippen molar-refractivity contribution < 1.29 is 39.1 Å². The molecular weight excluding hydrogens is 368 g/mol. The molecule has 0 bridgehead atoms. The van der Waals surface area contributed by atoms with Gasteiger partial charge in [-0.2, -0.15) is 0 Å². The van der Waals surface area contributed by atoms with E-state index in [1.165, 1.54) is 6.92 Å². The highest BCUT2D eigenvalue weighted by Crippen LogP contribution is 2.09. The molecule has 0 saturated carbocycles. The van der Waals surface area contributed by atoms with Crippen LogP contribution in [-0.2, 0) is 23.8 Å². The standard InChI is InChI=1S/C16H30O6.C4H6O2/c1-14(2)16(19)22-15(21-13-6-4-10-18)8-7-12-20-11-5-3-9-17;1-3(2)4(5)6/h15,17-18H,1,3-13H2,2H3;1H2,2H3,(H,5,6). The Morgan fingerprint density at radius 2 is 1.36 bits per heavy atom. The Morgan fingerprint density at radius 1 is 0.857 bits per heavy atom. The van der Waals surface area contributed by atoms with Gasteiger partial charge in [-0.15, -0.1) is 0 Å². The summed E-state index contributed by atoms with van der Waals surface area (Å²) in [5.74, 6) is -1.40. The molecule has 1 atom stereocenters. The molecule has 1 unspecified atom stereocenters. The molecule has 0 aliphatic heterocycles. The lowest BCUT2D eigenvalue weighted by Crippen LogP contribution is -2.23. The number of aliphatic carboxylic acids is 1. The van der Waals surface area contributed by atoms with Crippen LogP contribution in [0.15, 0.2) is 24.3 Å². The van der Waals surface area contributed by atoms with Crippen molar-refractivity contribution in [3.05, 3.63) is 24.3 Å². The number of carbonyl (C=O) groups excluding carboxylic acids is 1. The summed E-state index contributed by atoms with van der Waals surface area (Å²) >= 11 is 0. The molecule has 0 spiro atoms. The van der Waals surface area contributed by atoms with Crippen LogP contribution < -0.4 is 0 Å². The zero-order valence-corrected chi connectivity index (χ0v) is 17.2. The van der Waals surface area contributed by atoms with Crippen molar-refractivity contribution in [3.8, 4) is 0 Å². The maximum Gasteiger partial charge on any atom is 0.335 e. The molecule has 0 aliphatic carbocycles. The van der Waals surface area contributed by atoms with Crippen molar-refractivity contribution >= 4 is 11.9 Å². The third kappa shape index (κ3) is 20.6. The average Bonchev–Trinajstić information content (AvgIpc) is 2.64. The van der Waals surface area contributed by atoms with Crippen LogP contribution >= 0.6 is 0 Å². The van der Waals surface area contributed by atoms with Crippen molar-refractivity contribution in [2.24, 2.45) is 0 Å². The maximum absolute atomic E-state index is 11.6. The van der Waals surface area contributed by atoms with Crippen LogP contribution in [0.5, 0.6) is 0 Å². The summed E-state index contributed by atoms with van der Waals surface area (Å²) in [4.78, 5) is 21.2. The van der Waals surface area contributed by atoms with Gasteiger partial charge in [-0.1, -0.05) is 13.2 Å². The highest BCUT2D eigenvalue weighted by atomic mass is 16.7. The van der Waals surface area contributed by atoms with E-state index in [1.807, 2.05) is 0 Å². The molecule has 0 rings (SSSR count). The summed E-state index contributed by atoms with van der Waals surface area (Å²) in [6, 6.07) is 0. The molecule has 8 heteroatoms. The zero-order valence-electron chi connectivity index (χ0n) is 17.2. The second-order valence-corrected chi connectivity index (χ2v) is 6.19. The summed E-state index contributed by atoms with van der Waals surface area (Å²) in [5, 5.41) is 25.3. The van der Waals surface area contributed by atoms with Crippen LogP contribution in [0.4, 0.5) is 0 Å². The van der Waals surface area contributed by atoms with E-state index in [4.69, 9.17) is 29.5 Å². The number of carboxylic acid groups (broad SMARTS) is 1. The fourth-order valence-corrected chi connectivity index (χ4v) is 1.59. The Kier molecular flexibility index (Phi) is 20.3. The lowest BCUT2D eigenvalue weighted by Gasteiger charge is -2.18. The second kappa shape index (κ2) is 20.0. The number of unbranched alkanes of at least 4 members (excludes halogenated alkanes) is 2. The van der Waals surface area contributed by atoms with Crippen molar-refractivity contribution in [3.63, 3.8) is 0 Å². The summed E-state index contributed by atoms with van der Waals surface area (Å²) < 4.78 is 16.2. The largest absolute Gasteiger partial charge is 0.478 e. The quantitative estimate of drug-likeness (QED) is 0.155. The molecule has 28 heavy (non-hydrogen) atoms. The zero-order chi connectivity index (χ0) is 21.8. The summed E-state index contributed by atoms with van der Waals surface area (Å²) in [7, 11) is 0. The first kappa shape index (κ1) is 28.5. The lowest BCUT2D eigenvalue weighted by atomic mass is 10.3. The number of rotatable bonds is 16. The number of hydrogen-bond acceptors (Lipinski definition) is 7. The van der Waals surface area contributed by atoms with Crippen LogP contribution in [0.2, 0.25) is 0 Å². The molecule has 0 aromatic heterocycles. The molecule has 0 fully saturated rings. The van der Waals surface area contributed by atoms with Gasteiger partial charge in [0.15, 0.2) is 0 Å². The van der Waals surface area contributed by atoms with Gasteiger partial charge in [0.25, 0.3) is 0 Å². The van der Waals surface area contributed by atoms with E-state index in [1.54, 1.807) is 6.92 Å². The van der Waals surface area contributed by atoms with Gasteiger partial charge in [0.05, 0.1) is 6.61 Å². The van der Waals surface area contributed by atoms with E-state index < -0.39 is 18.2 Å². The Bertz CT molecular complexity index is 435. The lowest BCUT2D eigenvalue weighted by molar-refractivity contribution is -0.176. The van der Waals surface area contributed by atoms with Crippen molar-refractivity contribution in [2.75, 3.05) is 33.0 Å². The van der Waals surface area contributed by atoms with Gasteiger partial charge in [-0.3, -0.25) is 0 Å². The third-order valence-electron chi connectivity index (χ3n) is 3.23. The average molecular weight is 405 g/mol. The Labute approximate surface area is 167 Å². The minimum Gasteiger partial charge on any atom is -0.478 e. The summed E-state index contributed by atoms with van der Waals surface area (Å²) in [6.07, 6.45) is 3.62. The van der Waals surface area contributed by atoms with Crippen LogP contribution in [0, 0.1) is 0 Å². The topological polar surface area (TPSA) is 123 Å². The molecule has 164 valence electrons. The predicted molar refractivity (Wildman–Crippen MR) is 106 cm³/mol. The molecular formula is C20H36O8. The van der Waals surface area contributed by atoms with Gasteiger partial charge in [0, 0.05) is 44.0 Å². The van der Waals surface area contributed by atoms with Crippen LogP contribution in [0.25, 0.3) is 0 Å². The minimum atomic E-state index is -0.935. The van der Waals surface area contributed by atoms with Crippen molar-refractivity contribution in [1.29, 1.82) is 0 Å². The number of hydrogen-bond donors (Lipinski definition) is 3. The van der Waals surface area contributed by atoms with E-state index in [9.17, 15) is 9.59 Å². The van der Waals surface area contributed by atoms with E-state index in [0.29, 0.717) is 44.7 Å². The van der Waals surface area contributed by atoms with Gasteiger partial charge >= 0.3 is 11.9 Å². The highest BCUT2D eigenvalue weighted by molar-refractivity contribution is 5.87. The second-order valence-electron chi connectivity index (χ2n) is 6.19. The monoisotopic (exact) mass is 404 g/mol. The molecule has 0 aromatic rings. The molecule has 8 nitrogen and oxygen atoms in total.